The highest BCUT2D eigenvalue weighted by atomic mass is 32.2. The van der Waals surface area contributed by atoms with Crippen molar-refractivity contribution in [2.45, 2.75) is 24.7 Å². The van der Waals surface area contributed by atoms with Crippen LogP contribution in [0.4, 0.5) is 5.82 Å². The van der Waals surface area contributed by atoms with Crippen molar-refractivity contribution in [3.05, 3.63) is 36.3 Å². The minimum absolute atomic E-state index is 0.0803. The molecule has 28 heavy (non-hydrogen) atoms. The van der Waals surface area contributed by atoms with Crippen molar-refractivity contribution >= 4 is 21.5 Å². The Labute approximate surface area is 162 Å². The normalized spacial score (nSPS) is 16.3. The average molecular weight is 397 g/mol. The van der Waals surface area contributed by atoms with E-state index in [0.29, 0.717) is 42.8 Å². The standard InChI is InChI=1S/C18H19N7O2S/c1-12-2-3-14(28(26,27)24-6-4-13(9-19)5-7-24)8-15(12)16-10-21-18-17(20)22-11-23-25(16)18/h2-3,8,10-11,13H,4-7H2,1H3,(H2,20,22,23). The van der Waals surface area contributed by atoms with Crippen molar-refractivity contribution in [2.24, 2.45) is 5.92 Å². The van der Waals surface area contributed by atoms with Crippen LogP contribution in [0.1, 0.15) is 18.4 Å². The summed E-state index contributed by atoms with van der Waals surface area (Å²) in [6, 6.07) is 7.24. The third-order valence-electron chi connectivity index (χ3n) is 5.09. The molecule has 0 bridgehead atoms. The maximum atomic E-state index is 13.1. The van der Waals surface area contributed by atoms with Crippen LogP contribution >= 0.6 is 0 Å². The molecule has 0 aliphatic carbocycles. The Morgan fingerprint density at radius 1 is 1.25 bits per heavy atom. The molecule has 0 unspecified atom stereocenters. The number of aromatic nitrogens is 4. The number of aryl methyl sites for hydroxylation is 1. The predicted molar refractivity (Wildman–Crippen MR) is 102 cm³/mol. The van der Waals surface area contributed by atoms with Gasteiger partial charge in [-0.25, -0.2) is 22.9 Å². The van der Waals surface area contributed by atoms with E-state index in [9.17, 15) is 8.42 Å². The van der Waals surface area contributed by atoms with Gasteiger partial charge in [0.15, 0.2) is 11.5 Å². The molecule has 4 rings (SSSR count). The summed E-state index contributed by atoms with van der Waals surface area (Å²) in [5, 5.41) is 13.2. The zero-order chi connectivity index (χ0) is 19.9. The number of nitrogens with two attached hydrogens (primary N) is 1. The van der Waals surface area contributed by atoms with E-state index in [-0.39, 0.29) is 16.6 Å². The number of hydrogen-bond donors (Lipinski definition) is 1. The Balaban J connectivity index is 1.75. The van der Waals surface area contributed by atoms with Crippen molar-refractivity contribution in [2.75, 3.05) is 18.8 Å². The lowest BCUT2D eigenvalue weighted by molar-refractivity contribution is 0.310. The molecular weight excluding hydrogens is 378 g/mol. The van der Waals surface area contributed by atoms with Gasteiger partial charge in [-0.05, 0) is 37.5 Å². The summed E-state index contributed by atoms with van der Waals surface area (Å²) in [4.78, 5) is 8.39. The monoisotopic (exact) mass is 397 g/mol. The van der Waals surface area contributed by atoms with E-state index in [4.69, 9.17) is 11.0 Å². The molecule has 2 aromatic heterocycles. The molecule has 1 aliphatic rings. The van der Waals surface area contributed by atoms with Crippen LogP contribution in [0.15, 0.2) is 35.6 Å². The summed E-state index contributed by atoms with van der Waals surface area (Å²) in [5.74, 6) is 0.173. The van der Waals surface area contributed by atoms with Crippen LogP contribution in [0.25, 0.3) is 16.9 Å². The van der Waals surface area contributed by atoms with Crippen LogP contribution in [0.2, 0.25) is 0 Å². The molecule has 10 heteroatoms. The Hall–Kier alpha value is -3.03. The van der Waals surface area contributed by atoms with Gasteiger partial charge in [0.1, 0.15) is 6.33 Å². The highest BCUT2D eigenvalue weighted by Gasteiger charge is 2.30. The number of nitrogen functional groups attached to an aromatic ring is 1. The van der Waals surface area contributed by atoms with Crippen molar-refractivity contribution in [1.29, 1.82) is 5.26 Å². The molecule has 0 atom stereocenters. The predicted octanol–water partition coefficient (Wildman–Crippen LogP) is 1.61. The van der Waals surface area contributed by atoms with Gasteiger partial charge in [0.25, 0.3) is 0 Å². The summed E-state index contributed by atoms with van der Waals surface area (Å²) < 4.78 is 29.2. The van der Waals surface area contributed by atoms with E-state index in [2.05, 4.69) is 21.1 Å². The largest absolute Gasteiger partial charge is 0.381 e. The van der Waals surface area contributed by atoms with Gasteiger partial charge in [0, 0.05) is 24.6 Å². The number of anilines is 1. The third-order valence-corrected chi connectivity index (χ3v) is 6.98. The number of fused-ring (bicyclic) bond motifs is 1. The zero-order valence-electron chi connectivity index (χ0n) is 15.3. The van der Waals surface area contributed by atoms with Crippen molar-refractivity contribution in [3.8, 4) is 17.3 Å². The molecular formula is C18H19N7O2S. The fourth-order valence-electron chi connectivity index (χ4n) is 3.43. The van der Waals surface area contributed by atoms with E-state index in [1.165, 1.54) is 10.6 Å². The minimum atomic E-state index is -3.65. The number of rotatable bonds is 3. The van der Waals surface area contributed by atoms with Crippen LogP contribution in [-0.4, -0.2) is 45.4 Å². The highest BCUT2D eigenvalue weighted by Crippen LogP contribution is 2.30. The molecule has 1 saturated heterocycles. The molecule has 144 valence electrons. The lowest BCUT2D eigenvalue weighted by atomic mass is 10.0. The molecule has 1 fully saturated rings. The number of sulfonamides is 1. The molecule has 1 aliphatic heterocycles. The number of piperidine rings is 1. The van der Waals surface area contributed by atoms with Crippen LogP contribution in [0, 0.1) is 24.2 Å². The maximum absolute atomic E-state index is 13.1. The summed E-state index contributed by atoms with van der Waals surface area (Å²) in [7, 11) is -3.65. The fourth-order valence-corrected chi connectivity index (χ4v) is 4.93. The molecule has 0 spiro atoms. The number of hydrogen-bond acceptors (Lipinski definition) is 7. The Bertz CT molecular complexity index is 1190. The number of benzene rings is 1. The van der Waals surface area contributed by atoms with E-state index < -0.39 is 10.0 Å². The molecule has 0 radical (unpaired) electrons. The second-order valence-corrected chi connectivity index (χ2v) is 8.75. The van der Waals surface area contributed by atoms with Crippen molar-refractivity contribution in [1.82, 2.24) is 23.9 Å². The Morgan fingerprint density at radius 3 is 2.71 bits per heavy atom. The Morgan fingerprint density at radius 2 is 2.00 bits per heavy atom. The summed E-state index contributed by atoms with van der Waals surface area (Å²) in [5.41, 5.74) is 8.50. The van der Waals surface area contributed by atoms with E-state index in [0.717, 1.165) is 5.56 Å². The van der Waals surface area contributed by atoms with E-state index in [1.807, 2.05) is 6.92 Å². The first-order valence-electron chi connectivity index (χ1n) is 8.87. The van der Waals surface area contributed by atoms with Gasteiger partial charge in [-0.2, -0.15) is 14.7 Å². The second kappa shape index (κ2) is 6.85. The van der Waals surface area contributed by atoms with E-state index in [1.54, 1.807) is 28.9 Å². The molecule has 1 aromatic carbocycles. The van der Waals surface area contributed by atoms with Gasteiger partial charge >= 0.3 is 0 Å². The molecule has 9 nitrogen and oxygen atoms in total. The first-order chi connectivity index (χ1) is 13.4. The SMILES string of the molecule is Cc1ccc(S(=O)(=O)N2CCC(C#N)CC2)cc1-c1cnc2c(N)ncnn12. The van der Waals surface area contributed by atoms with Crippen molar-refractivity contribution in [3.63, 3.8) is 0 Å². The lowest BCUT2D eigenvalue weighted by Crippen LogP contribution is -2.38. The Kier molecular flexibility index (Phi) is 4.49. The molecule has 3 heterocycles. The molecule has 0 amide bonds. The van der Waals surface area contributed by atoms with Crippen LogP contribution in [0.5, 0.6) is 0 Å². The fraction of sp³-hybridized carbons (Fsp3) is 0.333. The molecule has 3 aromatic rings. The minimum Gasteiger partial charge on any atom is -0.381 e. The van der Waals surface area contributed by atoms with Gasteiger partial charge in [-0.3, -0.25) is 0 Å². The summed E-state index contributed by atoms with van der Waals surface area (Å²) >= 11 is 0. The number of nitrogens with zero attached hydrogens (tertiary/aromatic N) is 6. The first-order valence-corrected chi connectivity index (χ1v) is 10.3. The summed E-state index contributed by atoms with van der Waals surface area (Å²) in [6.45, 7) is 2.60. The number of nitriles is 1. The van der Waals surface area contributed by atoms with Gasteiger partial charge in [-0.1, -0.05) is 6.07 Å². The van der Waals surface area contributed by atoms with Gasteiger partial charge in [0.05, 0.1) is 22.9 Å². The van der Waals surface area contributed by atoms with Crippen LogP contribution in [0.3, 0.4) is 0 Å². The van der Waals surface area contributed by atoms with Gasteiger partial charge in [0.2, 0.25) is 10.0 Å². The average Bonchev–Trinajstić information content (AvgIpc) is 3.13. The lowest BCUT2D eigenvalue weighted by Gasteiger charge is -2.28. The maximum Gasteiger partial charge on any atom is 0.243 e. The van der Waals surface area contributed by atoms with Crippen molar-refractivity contribution < 1.29 is 8.42 Å². The van der Waals surface area contributed by atoms with Crippen LogP contribution < -0.4 is 5.73 Å². The number of imidazole rings is 1. The third kappa shape index (κ3) is 2.98. The smallest absolute Gasteiger partial charge is 0.243 e. The quantitative estimate of drug-likeness (QED) is 0.710. The molecule has 0 saturated carbocycles. The second-order valence-electron chi connectivity index (χ2n) is 6.81. The topological polar surface area (TPSA) is 130 Å². The first kappa shape index (κ1) is 18.3. The highest BCUT2D eigenvalue weighted by molar-refractivity contribution is 7.89. The zero-order valence-corrected chi connectivity index (χ0v) is 16.1. The van der Waals surface area contributed by atoms with Gasteiger partial charge < -0.3 is 5.73 Å². The van der Waals surface area contributed by atoms with E-state index >= 15 is 0 Å². The van der Waals surface area contributed by atoms with Crippen LogP contribution in [-0.2, 0) is 10.0 Å². The molecule has 2 N–H and O–H groups in total. The summed E-state index contributed by atoms with van der Waals surface area (Å²) in [6.07, 6.45) is 4.05. The van der Waals surface area contributed by atoms with Gasteiger partial charge in [-0.15, -0.1) is 0 Å².